The van der Waals surface area contributed by atoms with Crippen molar-refractivity contribution >= 4 is 5.97 Å². The summed E-state index contributed by atoms with van der Waals surface area (Å²) in [5.41, 5.74) is 0. The van der Waals surface area contributed by atoms with Crippen molar-refractivity contribution < 1.29 is 34.3 Å². The highest BCUT2D eigenvalue weighted by atomic mass is 16.7. The van der Waals surface area contributed by atoms with E-state index in [1.807, 2.05) is 0 Å². The first-order valence-corrected chi connectivity index (χ1v) is 9.87. The van der Waals surface area contributed by atoms with E-state index in [1.54, 1.807) is 13.8 Å². The van der Waals surface area contributed by atoms with Crippen molar-refractivity contribution in [3.8, 4) is 0 Å². The maximum absolute atomic E-state index is 11.8. The molecule has 7 heteroatoms. The minimum atomic E-state index is -1.42. The third kappa shape index (κ3) is 8.31. The van der Waals surface area contributed by atoms with Gasteiger partial charge < -0.3 is 29.5 Å². The summed E-state index contributed by atoms with van der Waals surface area (Å²) < 4.78 is 16.0. The van der Waals surface area contributed by atoms with Crippen LogP contribution in [0, 0.1) is 0 Å². The molecule has 1 heterocycles. The fraction of sp³-hybridized carbons (Fsp3) is 0.947. The van der Waals surface area contributed by atoms with Crippen molar-refractivity contribution in [2.75, 3.05) is 6.61 Å². The van der Waals surface area contributed by atoms with E-state index >= 15 is 0 Å². The van der Waals surface area contributed by atoms with Gasteiger partial charge in [-0.05, 0) is 20.3 Å². The second-order valence-electron chi connectivity index (χ2n) is 7.25. The molecular weight excluding hydrogens is 340 g/mol. The minimum Gasteiger partial charge on any atom is -0.463 e. The monoisotopic (exact) mass is 376 g/mol. The van der Waals surface area contributed by atoms with Crippen LogP contribution >= 0.6 is 0 Å². The molecule has 1 aliphatic heterocycles. The van der Waals surface area contributed by atoms with Gasteiger partial charge in [-0.3, -0.25) is 4.79 Å². The molecule has 0 aliphatic carbocycles. The molecule has 0 radical (unpaired) electrons. The fourth-order valence-corrected chi connectivity index (χ4v) is 2.91. The van der Waals surface area contributed by atoms with Crippen LogP contribution in [0.1, 0.15) is 72.1 Å². The van der Waals surface area contributed by atoms with Crippen molar-refractivity contribution in [2.45, 2.75) is 109 Å². The predicted molar refractivity (Wildman–Crippen MR) is 96.5 cm³/mol. The van der Waals surface area contributed by atoms with Gasteiger partial charge in [0.15, 0.2) is 6.29 Å². The highest BCUT2D eigenvalue weighted by Gasteiger charge is 2.45. The van der Waals surface area contributed by atoms with Crippen LogP contribution in [-0.2, 0) is 19.0 Å². The number of aliphatic hydroxyl groups excluding tert-OH is 3. The first-order valence-electron chi connectivity index (χ1n) is 9.87. The summed E-state index contributed by atoms with van der Waals surface area (Å²) in [4.78, 5) is 11.8. The molecule has 26 heavy (non-hydrogen) atoms. The summed E-state index contributed by atoms with van der Waals surface area (Å²) in [5.74, 6) is -0.351. The molecule has 1 fully saturated rings. The molecule has 1 unspecified atom stereocenters. The Morgan fingerprint density at radius 1 is 0.962 bits per heavy atom. The largest absolute Gasteiger partial charge is 0.463 e. The van der Waals surface area contributed by atoms with Crippen molar-refractivity contribution in [2.24, 2.45) is 0 Å². The summed E-state index contributed by atoms with van der Waals surface area (Å²) in [5, 5.41) is 29.8. The second-order valence-corrected chi connectivity index (χ2v) is 7.25. The maximum Gasteiger partial charge on any atom is 0.305 e. The molecule has 7 nitrogen and oxygen atoms in total. The van der Waals surface area contributed by atoms with Crippen LogP contribution in [0.25, 0.3) is 0 Å². The number of ether oxygens (including phenoxy) is 3. The third-order valence-corrected chi connectivity index (χ3v) is 4.47. The van der Waals surface area contributed by atoms with E-state index in [0.717, 1.165) is 19.3 Å². The van der Waals surface area contributed by atoms with Crippen molar-refractivity contribution in [1.29, 1.82) is 0 Å². The Kier molecular flexibility index (Phi) is 11.3. The van der Waals surface area contributed by atoms with Crippen LogP contribution in [0.3, 0.4) is 0 Å². The topological polar surface area (TPSA) is 105 Å². The van der Waals surface area contributed by atoms with E-state index in [2.05, 4.69) is 6.92 Å². The number of hydrogen-bond donors (Lipinski definition) is 3. The van der Waals surface area contributed by atoms with Crippen molar-refractivity contribution in [1.82, 2.24) is 0 Å². The van der Waals surface area contributed by atoms with Gasteiger partial charge in [0.05, 0.1) is 6.10 Å². The Morgan fingerprint density at radius 3 is 2.19 bits per heavy atom. The van der Waals surface area contributed by atoms with Crippen molar-refractivity contribution in [3.05, 3.63) is 0 Å². The normalized spacial score (nSPS) is 29.1. The molecule has 0 aromatic heterocycles. The molecule has 0 aromatic carbocycles. The van der Waals surface area contributed by atoms with Crippen LogP contribution in [0.2, 0.25) is 0 Å². The highest BCUT2D eigenvalue weighted by Crippen LogP contribution is 2.23. The van der Waals surface area contributed by atoms with Gasteiger partial charge in [0.2, 0.25) is 0 Å². The Labute approximate surface area is 156 Å². The Hall–Kier alpha value is -0.730. The van der Waals surface area contributed by atoms with Gasteiger partial charge in [-0.1, -0.05) is 45.4 Å². The standard InChI is InChI=1S/C19H36O7/c1-4-5-6-7-8-9-10-11-15(20)24-12-14-16(21)17(22)18(23)19(26-14)25-13(2)3/h13-14,16-19,21-23H,4-12H2,1-3H3/t14-,16-,17+,18-,19?/m1/s1. The average Bonchev–Trinajstić information content (AvgIpc) is 2.60. The van der Waals surface area contributed by atoms with Crippen LogP contribution in [0.15, 0.2) is 0 Å². The number of esters is 1. The van der Waals surface area contributed by atoms with E-state index in [0.29, 0.717) is 6.42 Å². The number of carbonyl (C=O) groups is 1. The maximum atomic E-state index is 11.8. The number of carbonyl (C=O) groups excluding carboxylic acids is 1. The summed E-state index contributed by atoms with van der Waals surface area (Å²) >= 11 is 0. The molecule has 0 bridgehead atoms. The smallest absolute Gasteiger partial charge is 0.305 e. The second kappa shape index (κ2) is 12.6. The average molecular weight is 376 g/mol. The summed E-state index contributed by atoms with van der Waals surface area (Å²) in [6.07, 6.45) is 1.79. The van der Waals surface area contributed by atoms with Crippen LogP contribution < -0.4 is 0 Å². The van der Waals surface area contributed by atoms with Gasteiger partial charge in [0.25, 0.3) is 0 Å². The SMILES string of the molecule is CCCCCCCCCC(=O)OC[C@H]1OC(OC(C)C)[C@H](O)[C@@H](O)[C@@H]1O. The molecule has 1 saturated heterocycles. The van der Waals surface area contributed by atoms with E-state index in [1.165, 1.54) is 25.7 Å². The Bertz CT molecular complexity index is 388. The van der Waals surface area contributed by atoms with Gasteiger partial charge in [0, 0.05) is 6.42 Å². The molecule has 0 saturated carbocycles. The van der Waals surface area contributed by atoms with Gasteiger partial charge in [-0.2, -0.15) is 0 Å². The fourth-order valence-electron chi connectivity index (χ4n) is 2.91. The van der Waals surface area contributed by atoms with Crippen LogP contribution in [0.4, 0.5) is 0 Å². The zero-order valence-electron chi connectivity index (χ0n) is 16.3. The predicted octanol–water partition coefficient (Wildman–Crippen LogP) is 1.90. The first-order chi connectivity index (χ1) is 12.4. The third-order valence-electron chi connectivity index (χ3n) is 4.47. The molecule has 1 rings (SSSR count). The molecule has 0 spiro atoms. The van der Waals surface area contributed by atoms with Gasteiger partial charge in [-0.25, -0.2) is 0 Å². The van der Waals surface area contributed by atoms with Crippen LogP contribution in [0.5, 0.6) is 0 Å². The number of aliphatic hydroxyl groups is 3. The van der Waals surface area contributed by atoms with Crippen molar-refractivity contribution in [3.63, 3.8) is 0 Å². The quantitative estimate of drug-likeness (QED) is 0.353. The number of unbranched alkanes of at least 4 members (excludes halogenated alkanes) is 6. The zero-order chi connectivity index (χ0) is 19.5. The van der Waals surface area contributed by atoms with E-state index in [9.17, 15) is 20.1 Å². The van der Waals surface area contributed by atoms with Gasteiger partial charge in [0.1, 0.15) is 31.0 Å². The number of hydrogen-bond acceptors (Lipinski definition) is 7. The molecule has 1 aliphatic rings. The highest BCUT2D eigenvalue weighted by molar-refractivity contribution is 5.69. The Balaban J connectivity index is 2.28. The van der Waals surface area contributed by atoms with Crippen LogP contribution in [-0.4, -0.2) is 64.7 Å². The lowest BCUT2D eigenvalue weighted by Crippen LogP contribution is -2.59. The zero-order valence-corrected chi connectivity index (χ0v) is 16.3. The Morgan fingerprint density at radius 2 is 1.58 bits per heavy atom. The number of rotatable bonds is 12. The lowest BCUT2D eigenvalue weighted by Gasteiger charge is -2.40. The van der Waals surface area contributed by atoms with E-state index in [-0.39, 0.29) is 18.7 Å². The molecule has 5 atom stereocenters. The lowest BCUT2D eigenvalue weighted by molar-refractivity contribution is -0.309. The van der Waals surface area contributed by atoms with Gasteiger partial charge in [-0.15, -0.1) is 0 Å². The van der Waals surface area contributed by atoms with Gasteiger partial charge >= 0.3 is 5.97 Å². The lowest BCUT2D eigenvalue weighted by atomic mass is 9.99. The molecular formula is C19H36O7. The first kappa shape index (κ1) is 23.3. The summed E-state index contributed by atoms with van der Waals surface area (Å²) in [7, 11) is 0. The molecule has 0 amide bonds. The molecule has 0 aromatic rings. The molecule has 154 valence electrons. The summed E-state index contributed by atoms with van der Waals surface area (Å²) in [6, 6.07) is 0. The minimum absolute atomic E-state index is 0.182. The summed E-state index contributed by atoms with van der Waals surface area (Å²) in [6.45, 7) is 5.54. The molecule has 3 N–H and O–H groups in total. The van der Waals surface area contributed by atoms with E-state index < -0.39 is 30.7 Å². The van der Waals surface area contributed by atoms with E-state index in [4.69, 9.17) is 14.2 Å².